The first-order valence-electron chi connectivity index (χ1n) is 20.5. The summed E-state index contributed by atoms with van der Waals surface area (Å²) >= 11 is 0. The Kier molecular flexibility index (Phi) is 14.1. The quantitative estimate of drug-likeness (QED) is 0.0412. The Morgan fingerprint density at radius 2 is 1.72 bits per heavy atom. The molecule has 2 aliphatic carbocycles. The SMILES string of the molecule is C=CCOC12Oc3ccc(Oc4cccc(C=O)c4)cc3C3C(CCCCO)C(CCCCO)C=C(C(=NOC(C)(C)C)CC1N(C)C(=O)Oc1ccc([N+](=O)[O-])cc1)C32. The zero-order chi connectivity index (χ0) is 43.0. The van der Waals surface area contributed by atoms with Gasteiger partial charge in [0.1, 0.15) is 40.9 Å². The maximum atomic E-state index is 14.2. The van der Waals surface area contributed by atoms with Gasteiger partial charge < -0.3 is 38.9 Å². The number of aldehydes is 1. The predicted molar refractivity (Wildman–Crippen MR) is 225 cm³/mol. The lowest BCUT2D eigenvalue weighted by Gasteiger charge is -2.59. The second kappa shape index (κ2) is 19.2. The number of non-ortho nitro benzene ring substituents is 1. The highest BCUT2D eigenvalue weighted by Gasteiger charge is 2.65. The number of nitro benzene ring substituents is 1. The summed E-state index contributed by atoms with van der Waals surface area (Å²) < 4.78 is 26.3. The number of oxime groups is 1. The van der Waals surface area contributed by atoms with E-state index in [1.807, 2.05) is 32.9 Å². The van der Waals surface area contributed by atoms with E-state index in [0.717, 1.165) is 43.1 Å². The molecule has 320 valence electrons. The molecule has 0 radical (unpaired) electrons. The third kappa shape index (κ3) is 9.72. The third-order valence-electron chi connectivity index (χ3n) is 11.3. The first-order valence-corrected chi connectivity index (χ1v) is 20.5. The second-order valence-corrected chi connectivity index (χ2v) is 16.5. The average molecular weight is 826 g/mol. The molecule has 0 spiro atoms. The topological polar surface area (TPSA) is 179 Å². The van der Waals surface area contributed by atoms with E-state index in [1.165, 1.54) is 29.2 Å². The van der Waals surface area contributed by atoms with E-state index >= 15 is 0 Å². The summed E-state index contributed by atoms with van der Waals surface area (Å²) in [5.41, 5.74) is 2.02. The molecule has 60 heavy (non-hydrogen) atoms. The Bertz CT molecular complexity index is 2080. The summed E-state index contributed by atoms with van der Waals surface area (Å²) in [5.74, 6) is -0.721. The maximum absolute atomic E-state index is 14.2. The van der Waals surface area contributed by atoms with Crippen LogP contribution < -0.4 is 14.2 Å². The van der Waals surface area contributed by atoms with Crippen molar-refractivity contribution < 1.29 is 48.5 Å². The number of benzene rings is 3. The Labute approximate surface area is 350 Å². The Balaban J connectivity index is 1.55. The highest BCUT2D eigenvalue weighted by atomic mass is 16.7. The van der Waals surface area contributed by atoms with Gasteiger partial charge in [0.05, 0.1) is 23.2 Å². The molecule has 0 saturated heterocycles. The number of aliphatic hydroxyl groups excluding tert-OH is 2. The van der Waals surface area contributed by atoms with Gasteiger partial charge in [-0.3, -0.25) is 14.9 Å². The van der Waals surface area contributed by atoms with Gasteiger partial charge in [-0.1, -0.05) is 42.3 Å². The summed E-state index contributed by atoms with van der Waals surface area (Å²) in [4.78, 5) is 44.2. The van der Waals surface area contributed by atoms with Crippen LogP contribution in [0.2, 0.25) is 0 Å². The molecule has 0 aromatic heterocycles. The van der Waals surface area contributed by atoms with E-state index in [-0.39, 0.29) is 55.4 Å². The Morgan fingerprint density at radius 3 is 2.38 bits per heavy atom. The van der Waals surface area contributed by atoms with E-state index in [2.05, 4.69) is 12.7 Å². The molecule has 1 heterocycles. The van der Waals surface area contributed by atoms with Crippen molar-refractivity contribution >= 4 is 23.8 Å². The summed E-state index contributed by atoms with van der Waals surface area (Å²) in [7, 11) is 1.60. The van der Waals surface area contributed by atoms with Crippen molar-refractivity contribution in [2.24, 2.45) is 22.9 Å². The lowest BCUT2D eigenvalue weighted by molar-refractivity contribution is -0.384. The Hall–Kier alpha value is -5.57. The van der Waals surface area contributed by atoms with Gasteiger partial charge in [-0.05, 0) is 106 Å². The van der Waals surface area contributed by atoms with Crippen molar-refractivity contribution in [2.75, 3.05) is 26.9 Å². The smallest absolute Gasteiger partial charge is 0.415 e. The fourth-order valence-electron chi connectivity index (χ4n) is 8.71. The molecule has 6 unspecified atom stereocenters. The molecule has 3 aliphatic rings. The number of hydrogen-bond acceptors (Lipinski definition) is 12. The van der Waals surface area contributed by atoms with Crippen LogP contribution >= 0.6 is 0 Å². The molecular formula is C46H55N3O11. The summed E-state index contributed by atoms with van der Waals surface area (Å²) in [6, 6.07) is 16.9. The van der Waals surface area contributed by atoms with Crippen molar-refractivity contribution in [1.29, 1.82) is 0 Å². The largest absolute Gasteiger partial charge is 0.459 e. The van der Waals surface area contributed by atoms with Crippen LogP contribution in [0.5, 0.6) is 23.0 Å². The average Bonchev–Trinajstić information content (AvgIpc) is 3.23. The summed E-state index contributed by atoms with van der Waals surface area (Å²) in [6.07, 6.45) is 8.35. The fraction of sp³-hybridized carbons (Fsp3) is 0.457. The first-order chi connectivity index (χ1) is 28.8. The minimum Gasteiger partial charge on any atom is -0.459 e. The zero-order valence-electron chi connectivity index (χ0n) is 34.7. The van der Waals surface area contributed by atoms with Gasteiger partial charge >= 0.3 is 6.09 Å². The number of allylic oxidation sites excluding steroid dienone is 1. The van der Waals surface area contributed by atoms with Crippen LogP contribution in [-0.4, -0.2) is 82.4 Å². The number of aliphatic hydroxyl groups is 2. The summed E-state index contributed by atoms with van der Waals surface area (Å²) in [6.45, 7) is 9.86. The second-order valence-electron chi connectivity index (χ2n) is 16.5. The number of nitrogens with zero attached hydrogens (tertiary/aromatic N) is 3. The van der Waals surface area contributed by atoms with Crippen LogP contribution in [0.25, 0.3) is 0 Å². The zero-order valence-corrected chi connectivity index (χ0v) is 34.7. The van der Waals surface area contributed by atoms with Crippen LogP contribution in [-0.2, 0) is 9.57 Å². The van der Waals surface area contributed by atoms with Crippen molar-refractivity contribution in [3.8, 4) is 23.0 Å². The van der Waals surface area contributed by atoms with E-state index in [4.69, 9.17) is 28.9 Å². The monoisotopic (exact) mass is 825 g/mol. The Morgan fingerprint density at radius 1 is 1.02 bits per heavy atom. The van der Waals surface area contributed by atoms with Crippen LogP contribution in [0, 0.1) is 27.9 Å². The predicted octanol–water partition coefficient (Wildman–Crippen LogP) is 8.76. The molecule has 3 aromatic carbocycles. The fourth-order valence-corrected chi connectivity index (χ4v) is 8.71. The molecule has 0 bridgehead atoms. The first kappa shape index (κ1) is 44.0. The highest BCUT2D eigenvalue weighted by molar-refractivity contribution is 6.03. The molecule has 14 heteroatoms. The van der Waals surface area contributed by atoms with Crippen LogP contribution in [0.15, 0.2) is 96.2 Å². The van der Waals surface area contributed by atoms with Gasteiger partial charge in [0.15, 0.2) is 0 Å². The van der Waals surface area contributed by atoms with Crippen molar-refractivity contribution in [2.45, 2.75) is 89.1 Å². The molecule has 3 aromatic rings. The summed E-state index contributed by atoms with van der Waals surface area (Å²) in [5, 5.41) is 35.9. The van der Waals surface area contributed by atoms with Gasteiger partial charge in [-0.2, -0.15) is 0 Å². The molecule has 2 N–H and O–H groups in total. The molecule has 1 amide bonds. The molecule has 14 nitrogen and oxygen atoms in total. The van der Waals surface area contributed by atoms with E-state index in [1.54, 1.807) is 43.5 Å². The number of carbonyl (C=O) groups excluding carboxylic acids is 2. The lowest BCUT2D eigenvalue weighted by atomic mass is 9.55. The minimum absolute atomic E-state index is 0.0182. The van der Waals surface area contributed by atoms with E-state index in [0.29, 0.717) is 41.4 Å². The number of hydrogen-bond donors (Lipinski definition) is 2. The van der Waals surface area contributed by atoms with Gasteiger partial charge in [0.25, 0.3) is 5.69 Å². The molecule has 6 atom stereocenters. The molecule has 6 rings (SSSR count). The number of unbranched alkanes of at least 4 members (excludes halogenated alkanes) is 2. The van der Waals surface area contributed by atoms with E-state index in [9.17, 15) is 29.9 Å². The molecule has 1 saturated carbocycles. The maximum Gasteiger partial charge on any atom is 0.415 e. The number of carbonyl (C=O) groups is 2. The third-order valence-corrected chi connectivity index (χ3v) is 11.3. The molecule has 1 aliphatic heterocycles. The highest BCUT2D eigenvalue weighted by Crippen LogP contribution is 2.62. The standard InChI is InChI=1S/C46H55N3O11/c1-6-24-56-46-41(48(5)44(53)58-33-18-16-32(17-19-33)49(54)55)28-39(47-60-45(2,3)4)37-26-31(13-7-9-22-50)36(15-8-10-23-51)42(43(37)46)38-27-35(20-21-40(38)59-46)57-34-14-11-12-30(25-34)29-52/h6,11-12,14,16-21,25-27,29,31,36,41-43,50-51H,1,7-10,13,15,22-24,28H2,2-5H3. The number of likely N-dealkylation sites (N-methyl/N-ethyl adjacent to an activating group) is 1. The van der Waals surface area contributed by atoms with Crippen LogP contribution in [0.1, 0.15) is 87.6 Å². The van der Waals surface area contributed by atoms with Crippen molar-refractivity contribution in [3.63, 3.8) is 0 Å². The van der Waals surface area contributed by atoms with Gasteiger partial charge in [0.2, 0.25) is 5.79 Å². The van der Waals surface area contributed by atoms with Gasteiger partial charge in [-0.25, -0.2) is 4.79 Å². The van der Waals surface area contributed by atoms with Crippen molar-refractivity contribution in [3.05, 3.63) is 112 Å². The van der Waals surface area contributed by atoms with Crippen LogP contribution in [0.3, 0.4) is 0 Å². The normalized spacial score (nSPS) is 23.6. The number of nitro groups is 1. The molecule has 1 fully saturated rings. The van der Waals surface area contributed by atoms with Gasteiger partial charge in [-0.15, -0.1) is 6.58 Å². The van der Waals surface area contributed by atoms with Crippen LogP contribution in [0.4, 0.5) is 10.5 Å². The van der Waals surface area contributed by atoms with Gasteiger partial charge in [0, 0.05) is 55.9 Å². The molecular weight excluding hydrogens is 771 g/mol. The number of rotatable bonds is 18. The number of ether oxygens (including phenoxy) is 4. The van der Waals surface area contributed by atoms with E-state index < -0.39 is 34.4 Å². The number of fused-ring (bicyclic) bond motifs is 2. The minimum atomic E-state index is -1.52. The number of amides is 1. The van der Waals surface area contributed by atoms with Crippen molar-refractivity contribution in [1.82, 2.24) is 4.90 Å². The lowest BCUT2D eigenvalue weighted by Crippen LogP contribution is -2.69.